The Morgan fingerprint density at radius 1 is 1.22 bits per heavy atom. The molecule has 0 fully saturated rings. The van der Waals surface area contributed by atoms with Crippen molar-refractivity contribution in [2.75, 3.05) is 12.8 Å². The summed E-state index contributed by atoms with van der Waals surface area (Å²) in [6.07, 6.45) is 1.72. The Kier molecular flexibility index (Phi) is 2.37. The second-order valence-electron chi connectivity index (χ2n) is 3.85. The number of nitrogens with two attached hydrogens (primary N) is 1. The van der Waals surface area contributed by atoms with Gasteiger partial charge in [0.15, 0.2) is 5.65 Å². The van der Waals surface area contributed by atoms with E-state index in [0.29, 0.717) is 5.95 Å². The van der Waals surface area contributed by atoms with Crippen molar-refractivity contribution in [1.82, 2.24) is 14.5 Å². The Bertz CT molecular complexity index is 705. The molecule has 0 aliphatic carbocycles. The molecule has 0 atom stereocenters. The Balaban J connectivity index is 2.27. The zero-order chi connectivity index (χ0) is 12.5. The lowest BCUT2D eigenvalue weighted by molar-refractivity contribution is 0.414. The number of benzene rings is 1. The lowest BCUT2D eigenvalue weighted by atomic mass is 10.3. The van der Waals surface area contributed by atoms with E-state index in [2.05, 4.69) is 9.97 Å². The third-order valence-electron chi connectivity index (χ3n) is 2.75. The summed E-state index contributed by atoms with van der Waals surface area (Å²) in [5.74, 6) is 1.18. The predicted molar refractivity (Wildman–Crippen MR) is 69.8 cm³/mol. The molecule has 18 heavy (non-hydrogen) atoms. The molecule has 0 aliphatic rings. The van der Waals surface area contributed by atoms with Crippen LogP contribution in [0.5, 0.6) is 5.75 Å². The number of ether oxygens (including phenoxy) is 1. The van der Waals surface area contributed by atoms with E-state index in [0.717, 1.165) is 22.6 Å². The molecule has 5 heteroatoms. The van der Waals surface area contributed by atoms with Crippen molar-refractivity contribution in [1.29, 1.82) is 0 Å². The van der Waals surface area contributed by atoms with Gasteiger partial charge in [0.2, 0.25) is 5.95 Å². The highest BCUT2D eigenvalue weighted by Crippen LogP contribution is 2.23. The Labute approximate surface area is 104 Å². The Hall–Kier alpha value is -2.56. The summed E-state index contributed by atoms with van der Waals surface area (Å²) in [4.78, 5) is 8.60. The van der Waals surface area contributed by atoms with Crippen molar-refractivity contribution in [3.8, 4) is 11.4 Å². The van der Waals surface area contributed by atoms with Crippen molar-refractivity contribution >= 4 is 17.1 Å². The third-order valence-corrected chi connectivity index (χ3v) is 2.75. The lowest BCUT2D eigenvalue weighted by Crippen LogP contribution is -2.01. The number of methoxy groups -OCH3 is 1. The highest BCUT2D eigenvalue weighted by molar-refractivity contribution is 5.76. The number of imidazole rings is 1. The summed E-state index contributed by atoms with van der Waals surface area (Å²) in [6, 6.07) is 11.3. The first kappa shape index (κ1) is 10.6. The number of nitrogen functional groups attached to an aromatic ring is 1. The van der Waals surface area contributed by atoms with Gasteiger partial charge in [0, 0.05) is 12.3 Å². The Morgan fingerprint density at radius 3 is 2.94 bits per heavy atom. The summed E-state index contributed by atoms with van der Waals surface area (Å²) < 4.78 is 7.01. The zero-order valence-electron chi connectivity index (χ0n) is 9.87. The van der Waals surface area contributed by atoms with Crippen LogP contribution < -0.4 is 10.5 Å². The van der Waals surface area contributed by atoms with Crippen LogP contribution in [0, 0.1) is 0 Å². The number of pyridine rings is 1. The second kappa shape index (κ2) is 4.03. The maximum atomic E-state index is 5.95. The molecule has 0 unspecified atom stereocenters. The fourth-order valence-electron chi connectivity index (χ4n) is 1.93. The average Bonchev–Trinajstić information content (AvgIpc) is 2.74. The van der Waals surface area contributed by atoms with Crippen LogP contribution in [0.2, 0.25) is 0 Å². The molecule has 2 aromatic heterocycles. The van der Waals surface area contributed by atoms with Crippen LogP contribution >= 0.6 is 0 Å². The molecule has 3 rings (SSSR count). The molecule has 0 bridgehead atoms. The van der Waals surface area contributed by atoms with E-state index in [1.807, 2.05) is 36.4 Å². The quantitative estimate of drug-likeness (QED) is 0.744. The molecule has 0 radical (unpaired) electrons. The number of hydrogen-bond acceptors (Lipinski definition) is 4. The van der Waals surface area contributed by atoms with Crippen molar-refractivity contribution in [2.45, 2.75) is 0 Å². The van der Waals surface area contributed by atoms with E-state index < -0.39 is 0 Å². The van der Waals surface area contributed by atoms with E-state index in [4.69, 9.17) is 10.5 Å². The molecular weight excluding hydrogens is 228 g/mol. The molecule has 1 aromatic carbocycles. The van der Waals surface area contributed by atoms with E-state index >= 15 is 0 Å². The van der Waals surface area contributed by atoms with Gasteiger partial charge in [-0.3, -0.25) is 4.57 Å². The van der Waals surface area contributed by atoms with Crippen LogP contribution in [0.15, 0.2) is 42.6 Å². The van der Waals surface area contributed by atoms with Gasteiger partial charge in [0.05, 0.1) is 12.8 Å². The van der Waals surface area contributed by atoms with Crippen LogP contribution in [0.4, 0.5) is 5.95 Å². The fraction of sp³-hybridized carbons (Fsp3) is 0.0769. The predicted octanol–water partition coefficient (Wildman–Crippen LogP) is 2.01. The first-order valence-electron chi connectivity index (χ1n) is 5.53. The molecule has 0 spiro atoms. The number of anilines is 1. The van der Waals surface area contributed by atoms with Crippen molar-refractivity contribution < 1.29 is 4.74 Å². The Morgan fingerprint density at radius 2 is 2.11 bits per heavy atom. The standard InChI is InChI=1S/C13H12N4O/c1-18-10-5-2-4-9(8-10)17-12-11(16-13(17)14)6-3-7-15-12/h2-8H,1H3,(H2,14,16). The third kappa shape index (κ3) is 1.57. The molecule has 2 heterocycles. The SMILES string of the molecule is COc1cccc(-n2c(N)nc3cccnc32)c1. The monoisotopic (exact) mass is 240 g/mol. The summed E-state index contributed by atoms with van der Waals surface area (Å²) >= 11 is 0. The van der Waals surface area contributed by atoms with E-state index in [-0.39, 0.29) is 0 Å². The highest BCUT2D eigenvalue weighted by Gasteiger charge is 2.10. The molecule has 0 aliphatic heterocycles. The lowest BCUT2D eigenvalue weighted by Gasteiger charge is -2.07. The van der Waals surface area contributed by atoms with Crippen LogP contribution in [0.1, 0.15) is 0 Å². The van der Waals surface area contributed by atoms with Crippen molar-refractivity contribution in [3.05, 3.63) is 42.6 Å². The molecule has 3 aromatic rings. The van der Waals surface area contributed by atoms with Gasteiger partial charge in [0.25, 0.3) is 0 Å². The van der Waals surface area contributed by atoms with Gasteiger partial charge in [-0.25, -0.2) is 9.97 Å². The largest absolute Gasteiger partial charge is 0.497 e. The maximum Gasteiger partial charge on any atom is 0.207 e. The topological polar surface area (TPSA) is 66.0 Å². The van der Waals surface area contributed by atoms with E-state index in [1.165, 1.54) is 0 Å². The molecule has 90 valence electrons. The van der Waals surface area contributed by atoms with Gasteiger partial charge in [-0.2, -0.15) is 0 Å². The van der Waals surface area contributed by atoms with Gasteiger partial charge < -0.3 is 10.5 Å². The van der Waals surface area contributed by atoms with E-state index in [1.54, 1.807) is 17.9 Å². The normalized spacial score (nSPS) is 10.7. The van der Waals surface area contributed by atoms with Gasteiger partial charge in [-0.1, -0.05) is 6.07 Å². The highest BCUT2D eigenvalue weighted by atomic mass is 16.5. The van der Waals surface area contributed by atoms with Crippen LogP contribution in [-0.2, 0) is 0 Å². The molecule has 0 saturated heterocycles. The number of fused-ring (bicyclic) bond motifs is 1. The second-order valence-corrected chi connectivity index (χ2v) is 3.85. The minimum Gasteiger partial charge on any atom is -0.497 e. The van der Waals surface area contributed by atoms with Gasteiger partial charge >= 0.3 is 0 Å². The summed E-state index contributed by atoms with van der Waals surface area (Å²) in [7, 11) is 1.63. The van der Waals surface area contributed by atoms with Gasteiger partial charge in [-0.15, -0.1) is 0 Å². The molecule has 2 N–H and O–H groups in total. The smallest absolute Gasteiger partial charge is 0.207 e. The van der Waals surface area contributed by atoms with Crippen LogP contribution in [0.3, 0.4) is 0 Å². The average molecular weight is 240 g/mol. The van der Waals surface area contributed by atoms with Gasteiger partial charge in [-0.05, 0) is 24.3 Å². The minimum absolute atomic E-state index is 0.414. The van der Waals surface area contributed by atoms with Crippen molar-refractivity contribution in [2.24, 2.45) is 0 Å². The van der Waals surface area contributed by atoms with Gasteiger partial charge in [0.1, 0.15) is 11.3 Å². The van der Waals surface area contributed by atoms with Crippen molar-refractivity contribution in [3.63, 3.8) is 0 Å². The summed E-state index contributed by atoms with van der Waals surface area (Å²) in [6.45, 7) is 0. The zero-order valence-corrected chi connectivity index (χ0v) is 9.87. The molecule has 0 amide bonds. The number of rotatable bonds is 2. The summed E-state index contributed by atoms with van der Waals surface area (Å²) in [5, 5.41) is 0. The number of nitrogens with zero attached hydrogens (tertiary/aromatic N) is 3. The number of hydrogen-bond donors (Lipinski definition) is 1. The number of aromatic nitrogens is 3. The molecular formula is C13H12N4O. The first-order valence-corrected chi connectivity index (χ1v) is 5.53. The van der Waals surface area contributed by atoms with E-state index in [9.17, 15) is 0 Å². The molecule has 0 saturated carbocycles. The summed E-state index contributed by atoms with van der Waals surface area (Å²) in [5.41, 5.74) is 8.35. The fourth-order valence-corrected chi connectivity index (χ4v) is 1.93. The van der Waals surface area contributed by atoms with Crippen LogP contribution in [0.25, 0.3) is 16.9 Å². The minimum atomic E-state index is 0.414. The maximum absolute atomic E-state index is 5.95. The molecule has 5 nitrogen and oxygen atoms in total. The first-order chi connectivity index (χ1) is 8.79. The van der Waals surface area contributed by atoms with Crippen LogP contribution in [-0.4, -0.2) is 21.6 Å².